The molecule has 4 N–H and O–H groups in total. The minimum atomic E-state index is -1.41. The van der Waals surface area contributed by atoms with Gasteiger partial charge in [-0.3, -0.25) is 0 Å². The number of halogens is 2. The number of thioether (sulfide) groups is 1. The Morgan fingerprint density at radius 3 is 2.45 bits per heavy atom. The highest BCUT2D eigenvalue weighted by molar-refractivity contribution is 8.00. The first kappa shape index (κ1) is 16.3. The molecule has 1 aliphatic heterocycles. The van der Waals surface area contributed by atoms with Gasteiger partial charge < -0.3 is 25.2 Å². The summed E-state index contributed by atoms with van der Waals surface area (Å²) in [7, 11) is 0. The number of aliphatic hydroxyl groups is 4. The average molecular weight is 341 g/mol. The van der Waals surface area contributed by atoms with Crippen molar-refractivity contribution in [1.29, 1.82) is 0 Å². The van der Waals surface area contributed by atoms with Crippen LogP contribution in [0, 0.1) is 0 Å². The third-order valence-electron chi connectivity index (χ3n) is 2.98. The van der Waals surface area contributed by atoms with Crippen LogP contribution in [0.5, 0.6) is 0 Å². The normalized spacial score (nSPS) is 34.2. The van der Waals surface area contributed by atoms with E-state index in [2.05, 4.69) is 0 Å². The van der Waals surface area contributed by atoms with Crippen LogP contribution in [0.1, 0.15) is 0 Å². The van der Waals surface area contributed by atoms with Gasteiger partial charge in [0.1, 0.15) is 29.9 Å². The predicted molar refractivity (Wildman–Crippen MR) is 76.1 cm³/mol. The molecule has 5 nitrogen and oxygen atoms in total. The standard InChI is InChI=1S/C12H14Cl2O5S/c13-5-1-2-6(14)8(3-5)20-12-11(18)10(17)9(16)7(4-15)19-12/h1-3,7,9-12,15-18H,4H2/t7-,9+,10+,11-,12-/m0/s1. The van der Waals surface area contributed by atoms with Crippen molar-refractivity contribution in [2.45, 2.75) is 34.7 Å². The Morgan fingerprint density at radius 2 is 1.80 bits per heavy atom. The Morgan fingerprint density at radius 1 is 1.10 bits per heavy atom. The highest BCUT2D eigenvalue weighted by Crippen LogP contribution is 2.37. The first-order valence-corrected chi connectivity index (χ1v) is 7.50. The van der Waals surface area contributed by atoms with Gasteiger partial charge in [-0.25, -0.2) is 0 Å². The summed E-state index contributed by atoms with van der Waals surface area (Å²) >= 11 is 13.0. The van der Waals surface area contributed by atoms with Gasteiger partial charge in [-0.2, -0.15) is 0 Å². The van der Waals surface area contributed by atoms with Crippen LogP contribution in [0.15, 0.2) is 23.1 Å². The van der Waals surface area contributed by atoms with Gasteiger partial charge in [-0.15, -0.1) is 0 Å². The first-order valence-electron chi connectivity index (χ1n) is 5.86. The van der Waals surface area contributed by atoms with Crippen LogP contribution in [-0.2, 0) is 4.74 Å². The van der Waals surface area contributed by atoms with Gasteiger partial charge in [0.15, 0.2) is 0 Å². The lowest BCUT2D eigenvalue weighted by Gasteiger charge is -2.39. The largest absolute Gasteiger partial charge is 0.394 e. The van der Waals surface area contributed by atoms with Crippen LogP contribution in [0.4, 0.5) is 0 Å². The first-order chi connectivity index (χ1) is 9.43. The summed E-state index contributed by atoms with van der Waals surface area (Å²) in [4.78, 5) is 0.573. The average Bonchev–Trinajstić information content (AvgIpc) is 2.43. The maximum absolute atomic E-state index is 9.93. The van der Waals surface area contributed by atoms with Crippen molar-refractivity contribution in [2.75, 3.05) is 6.61 Å². The molecule has 8 heteroatoms. The third kappa shape index (κ3) is 3.40. The summed E-state index contributed by atoms with van der Waals surface area (Å²) in [5, 5.41) is 39.3. The molecule has 1 fully saturated rings. The van der Waals surface area contributed by atoms with Gasteiger partial charge in [-0.1, -0.05) is 35.0 Å². The summed E-state index contributed by atoms with van der Waals surface area (Å²) in [6.07, 6.45) is -5.03. The Kier molecular flexibility index (Phi) is 5.56. The number of hydrogen-bond donors (Lipinski definition) is 4. The zero-order valence-corrected chi connectivity index (χ0v) is 12.5. The van der Waals surface area contributed by atoms with Gasteiger partial charge >= 0.3 is 0 Å². The molecule has 20 heavy (non-hydrogen) atoms. The second kappa shape index (κ2) is 6.81. The maximum Gasteiger partial charge on any atom is 0.136 e. The molecular weight excluding hydrogens is 327 g/mol. The van der Waals surface area contributed by atoms with E-state index in [0.717, 1.165) is 11.8 Å². The molecule has 0 saturated carbocycles. The van der Waals surface area contributed by atoms with Crippen molar-refractivity contribution in [2.24, 2.45) is 0 Å². The van der Waals surface area contributed by atoms with Crippen molar-refractivity contribution < 1.29 is 25.2 Å². The summed E-state index contributed by atoms with van der Waals surface area (Å²) in [5.41, 5.74) is -0.874. The zero-order valence-electron chi connectivity index (χ0n) is 10.2. The van der Waals surface area contributed by atoms with Crippen LogP contribution in [-0.4, -0.2) is 56.9 Å². The third-order valence-corrected chi connectivity index (χ3v) is 4.88. The Hall–Kier alpha value is -0.0500. The minimum absolute atomic E-state index is 0.427. The summed E-state index contributed by atoms with van der Waals surface area (Å²) in [5.74, 6) is 0. The molecule has 1 aliphatic rings. The number of ether oxygens (including phenoxy) is 1. The zero-order chi connectivity index (χ0) is 14.9. The monoisotopic (exact) mass is 340 g/mol. The van der Waals surface area contributed by atoms with Gasteiger partial charge in [0, 0.05) is 9.92 Å². The molecule has 0 amide bonds. The van der Waals surface area contributed by atoms with E-state index in [0.29, 0.717) is 14.9 Å². The van der Waals surface area contributed by atoms with E-state index < -0.39 is 36.5 Å². The lowest BCUT2D eigenvalue weighted by Crippen LogP contribution is -2.57. The van der Waals surface area contributed by atoms with Crippen LogP contribution >= 0.6 is 35.0 Å². The van der Waals surface area contributed by atoms with Gasteiger partial charge in [0.25, 0.3) is 0 Å². The van der Waals surface area contributed by atoms with Gasteiger partial charge in [0.2, 0.25) is 0 Å². The molecule has 0 bridgehead atoms. The van der Waals surface area contributed by atoms with E-state index in [9.17, 15) is 15.3 Å². The van der Waals surface area contributed by atoms with Gasteiger partial charge in [0.05, 0.1) is 11.6 Å². The molecule has 0 spiro atoms. The molecule has 1 aromatic rings. The van der Waals surface area contributed by atoms with E-state index in [1.165, 1.54) is 0 Å². The van der Waals surface area contributed by atoms with Crippen LogP contribution in [0.2, 0.25) is 10.0 Å². The van der Waals surface area contributed by atoms with Crippen molar-refractivity contribution in [3.05, 3.63) is 28.2 Å². The quantitative estimate of drug-likeness (QED) is 0.653. The SMILES string of the molecule is OC[C@@H]1O[C@@H](Sc2cc(Cl)ccc2Cl)[C@@H](O)[C@H](O)[C@@H]1O. The van der Waals surface area contributed by atoms with E-state index in [4.69, 9.17) is 33.0 Å². The number of benzene rings is 1. The fourth-order valence-electron chi connectivity index (χ4n) is 1.86. The van der Waals surface area contributed by atoms with E-state index in [-0.39, 0.29) is 0 Å². The fraction of sp³-hybridized carbons (Fsp3) is 0.500. The summed E-state index contributed by atoms with van der Waals surface area (Å²) in [6, 6.07) is 4.84. The Balaban J connectivity index is 2.17. The summed E-state index contributed by atoms with van der Waals surface area (Å²) in [6.45, 7) is -0.467. The molecule has 1 aromatic carbocycles. The topological polar surface area (TPSA) is 90.2 Å². The number of hydrogen-bond acceptors (Lipinski definition) is 6. The molecule has 1 heterocycles. The van der Waals surface area contributed by atoms with Gasteiger partial charge in [-0.05, 0) is 18.2 Å². The molecule has 5 atom stereocenters. The fourth-order valence-corrected chi connectivity index (χ4v) is 3.47. The highest BCUT2D eigenvalue weighted by atomic mass is 35.5. The Labute approximate surface area is 130 Å². The molecule has 0 aromatic heterocycles. The summed E-state index contributed by atoms with van der Waals surface area (Å²) < 4.78 is 5.38. The van der Waals surface area contributed by atoms with Crippen molar-refractivity contribution in [1.82, 2.24) is 0 Å². The van der Waals surface area contributed by atoms with Crippen LogP contribution < -0.4 is 0 Å². The van der Waals surface area contributed by atoms with E-state index in [1.807, 2.05) is 0 Å². The van der Waals surface area contributed by atoms with E-state index in [1.54, 1.807) is 18.2 Å². The molecule has 112 valence electrons. The second-order valence-electron chi connectivity index (χ2n) is 4.39. The van der Waals surface area contributed by atoms with Crippen LogP contribution in [0.3, 0.4) is 0 Å². The van der Waals surface area contributed by atoms with Crippen LogP contribution in [0.25, 0.3) is 0 Å². The van der Waals surface area contributed by atoms with E-state index >= 15 is 0 Å². The molecule has 0 aliphatic carbocycles. The minimum Gasteiger partial charge on any atom is -0.394 e. The van der Waals surface area contributed by atoms with Crippen molar-refractivity contribution >= 4 is 35.0 Å². The lowest BCUT2D eigenvalue weighted by atomic mass is 10.0. The molecule has 2 rings (SSSR count). The number of aliphatic hydroxyl groups excluding tert-OH is 4. The maximum atomic E-state index is 9.93. The molecule has 0 radical (unpaired) electrons. The smallest absolute Gasteiger partial charge is 0.136 e. The predicted octanol–water partition coefficient (Wildman–Crippen LogP) is 0.885. The van der Waals surface area contributed by atoms with Crippen molar-refractivity contribution in [3.8, 4) is 0 Å². The molecule has 0 unspecified atom stereocenters. The molecule has 1 saturated heterocycles. The second-order valence-corrected chi connectivity index (χ2v) is 6.37. The highest BCUT2D eigenvalue weighted by Gasteiger charge is 2.43. The lowest BCUT2D eigenvalue weighted by molar-refractivity contribution is -0.205. The molecular formula is C12H14Cl2O5S. The van der Waals surface area contributed by atoms with Crippen molar-refractivity contribution in [3.63, 3.8) is 0 Å². The Bertz CT molecular complexity index is 473. The number of rotatable bonds is 3.